The van der Waals surface area contributed by atoms with Gasteiger partial charge in [-0.1, -0.05) is 6.92 Å². The molecule has 0 aliphatic carbocycles. The summed E-state index contributed by atoms with van der Waals surface area (Å²) >= 11 is 5.59. The summed E-state index contributed by atoms with van der Waals surface area (Å²) in [7, 11) is 0. The van der Waals surface area contributed by atoms with Gasteiger partial charge in [0.05, 0.1) is 12.7 Å². The highest BCUT2D eigenvalue weighted by Gasteiger charge is 2.07. The first-order valence-corrected chi connectivity index (χ1v) is 4.05. The second-order valence-electron chi connectivity index (χ2n) is 2.21. The Morgan fingerprint density at radius 3 is 2.73 bits per heavy atom. The Hall–Kier alpha value is -0.300. The summed E-state index contributed by atoms with van der Waals surface area (Å²) in [6.45, 7) is 4.00. The van der Waals surface area contributed by atoms with Crippen molar-refractivity contribution in [1.82, 2.24) is 4.90 Å². The number of hydrogen-bond acceptors (Lipinski definition) is 3. The second kappa shape index (κ2) is 6.41. The van der Waals surface area contributed by atoms with Crippen molar-refractivity contribution < 1.29 is 5.11 Å². The van der Waals surface area contributed by atoms with Crippen LogP contribution in [0.3, 0.4) is 0 Å². The van der Waals surface area contributed by atoms with E-state index in [4.69, 9.17) is 22.0 Å². The fourth-order valence-corrected chi connectivity index (χ4v) is 0.983. The molecule has 64 valence electrons. The van der Waals surface area contributed by atoms with Gasteiger partial charge in [0.15, 0.2) is 0 Å². The van der Waals surface area contributed by atoms with E-state index in [1.54, 1.807) is 0 Å². The predicted octanol–water partition coefficient (Wildman–Crippen LogP) is 0.432. The number of alkyl halides is 1. The minimum absolute atomic E-state index is 0.114. The maximum absolute atomic E-state index is 8.59. The summed E-state index contributed by atoms with van der Waals surface area (Å²) < 4.78 is 0. The Labute approximate surface area is 72.2 Å². The molecule has 0 aromatic heterocycles. The third kappa shape index (κ3) is 5.02. The van der Waals surface area contributed by atoms with Gasteiger partial charge in [-0.25, -0.2) is 0 Å². The van der Waals surface area contributed by atoms with E-state index in [2.05, 4.69) is 0 Å². The lowest BCUT2D eigenvalue weighted by Gasteiger charge is -2.18. The molecule has 4 heteroatoms. The fourth-order valence-electron chi connectivity index (χ4n) is 0.787. The van der Waals surface area contributed by atoms with Gasteiger partial charge in [0.2, 0.25) is 0 Å². The Morgan fingerprint density at radius 2 is 2.36 bits per heavy atom. The number of likely N-dealkylation sites (N-methyl/N-ethyl adjacent to an activating group) is 1. The standard InChI is InChI=1S/C7H13ClN2O/c1-2-10(3-4-11)6-7(8)5-9/h7,11H,2-4,6H2,1H3. The third-order valence-corrected chi connectivity index (χ3v) is 1.66. The van der Waals surface area contributed by atoms with Crippen molar-refractivity contribution in [1.29, 1.82) is 5.26 Å². The van der Waals surface area contributed by atoms with Crippen molar-refractivity contribution in [2.75, 3.05) is 26.2 Å². The maximum atomic E-state index is 8.59. The molecule has 0 saturated heterocycles. The SMILES string of the molecule is CCN(CCO)CC(Cl)C#N. The number of nitriles is 1. The van der Waals surface area contributed by atoms with Gasteiger partial charge < -0.3 is 5.11 Å². The second-order valence-corrected chi connectivity index (χ2v) is 2.74. The summed E-state index contributed by atoms with van der Waals surface area (Å²) in [4.78, 5) is 1.93. The van der Waals surface area contributed by atoms with Gasteiger partial charge in [0, 0.05) is 13.1 Å². The third-order valence-electron chi connectivity index (χ3n) is 1.42. The van der Waals surface area contributed by atoms with E-state index in [-0.39, 0.29) is 6.61 Å². The van der Waals surface area contributed by atoms with Crippen LogP contribution in [-0.2, 0) is 0 Å². The zero-order valence-corrected chi connectivity index (χ0v) is 7.38. The van der Waals surface area contributed by atoms with Gasteiger partial charge >= 0.3 is 0 Å². The first kappa shape index (κ1) is 10.7. The first-order valence-electron chi connectivity index (χ1n) is 3.61. The van der Waals surface area contributed by atoms with Gasteiger partial charge in [-0.05, 0) is 6.54 Å². The molecule has 1 N–H and O–H groups in total. The molecule has 0 bridgehead atoms. The van der Waals surface area contributed by atoms with Crippen molar-refractivity contribution >= 4 is 11.6 Å². The molecule has 0 fully saturated rings. The Bertz CT molecular complexity index is 135. The summed E-state index contributed by atoms with van der Waals surface area (Å²) in [5.41, 5.74) is 0. The van der Waals surface area contributed by atoms with Crippen LogP contribution in [0.5, 0.6) is 0 Å². The van der Waals surface area contributed by atoms with Crippen LogP contribution in [0.4, 0.5) is 0 Å². The van der Waals surface area contributed by atoms with Gasteiger partial charge in [-0.15, -0.1) is 11.6 Å². The van der Waals surface area contributed by atoms with E-state index in [1.165, 1.54) is 0 Å². The quantitative estimate of drug-likeness (QED) is 0.619. The highest BCUT2D eigenvalue weighted by atomic mass is 35.5. The lowest BCUT2D eigenvalue weighted by atomic mass is 10.4. The number of nitrogens with zero attached hydrogens (tertiary/aromatic N) is 2. The lowest BCUT2D eigenvalue weighted by molar-refractivity contribution is 0.205. The number of aliphatic hydroxyl groups excluding tert-OH is 1. The largest absolute Gasteiger partial charge is 0.395 e. The highest BCUT2D eigenvalue weighted by molar-refractivity contribution is 6.22. The highest BCUT2D eigenvalue weighted by Crippen LogP contribution is 1.97. The Balaban J connectivity index is 3.60. The van der Waals surface area contributed by atoms with Crippen molar-refractivity contribution in [3.05, 3.63) is 0 Å². The number of aliphatic hydroxyl groups is 1. The Morgan fingerprint density at radius 1 is 1.73 bits per heavy atom. The smallest absolute Gasteiger partial charge is 0.133 e. The van der Waals surface area contributed by atoms with Crippen LogP contribution in [-0.4, -0.2) is 41.6 Å². The monoisotopic (exact) mass is 176 g/mol. The van der Waals surface area contributed by atoms with E-state index in [0.717, 1.165) is 6.54 Å². The van der Waals surface area contributed by atoms with E-state index < -0.39 is 5.38 Å². The average Bonchev–Trinajstić information content (AvgIpc) is 2.03. The molecule has 0 aliphatic rings. The maximum Gasteiger partial charge on any atom is 0.133 e. The van der Waals surface area contributed by atoms with Crippen LogP contribution in [0, 0.1) is 11.3 Å². The van der Waals surface area contributed by atoms with Crippen LogP contribution < -0.4 is 0 Å². The summed E-state index contributed by atoms with van der Waals surface area (Å²) in [6, 6.07) is 1.93. The zero-order valence-electron chi connectivity index (χ0n) is 6.63. The molecule has 0 aromatic carbocycles. The molecule has 11 heavy (non-hydrogen) atoms. The normalized spacial score (nSPS) is 13.0. The molecule has 0 radical (unpaired) electrons. The molecule has 0 rings (SSSR count). The van der Waals surface area contributed by atoms with Crippen LogP contribution in [0.2, 0.25) is 0 Å². The minimum Gasteiger partial charge on any atom is -0.395 e. The molecular weight excluding hydrogens is 164 g/mol. The summed E-state index contributed by atoms with van der Waals surface area (Å²) in [5.74, 6) is 0. The van der Waals surface area contributed by atoms with E-state index in [9.17, 15) is 0 Å². The van der Waals surface area contributed by atoms with Crippen LogP contribution in [0.15, 0.2) is 0 Å². The molecule has 0 spiro atoms. The number of rotatable bonds is 5. The molecule has 0 aromatic rings. The van der Waals surface area contributed by atoms with Crippen LogP contribution in [0.1, 0.15) is 6.92 Å². The van der Waals surface area contributed by atoms with Gasteiger partial charge in [-0.3, -0.25) is 4.90 Å². The van der Waals surface area contributed by atoms with Crippen molar-refractivity contribution in [3.63, 3.8) is 0 Å². The lowest BCUT2D eigenvalue weighted by Crippen LogP contribution is -2.31. The molecule has 1 unspecified atom stereocenters. The summed E-state index contributed by atoms with van der Waals surface area (Å²) in [6.07, 6.45) is 0. The van der Waals surface area contributed by atoms with Crippen molar-refractivity contribution in [2.45, 2.75) is 12.3 Å². The molecule has 0 amide bonds. The van der Waals surface area contributed by atoms with Crippen molar-refractivity contribution in [3.8, 4) is 6.07 Å². The molecule has 3 nitrogen and oxygen atoms in total. The zero-order chi connectivity index (χ0) is 8.69. The average molecular weight is 177 g/mol. The molecule has 0 saturated carbocycles. The first-order chi connectivity index (χ1) is 5.24. The van der Waals surface area contributed by atoms with Crippen molar-refractivity contribution in [2.24, 2.45) is 0 Å². The van der Waals surface area contributed by atoms with Crippen LogP contribution >= 0.6 is 11.6 Å². The molecule has 0 aliphatic heterocycles. The minimum atomic E-state index is -0.471. The summed E-state index contributed by atoms with van der Waals surface area (Å²) in [5, 5.41) is 16.5. The topological polar surface area (TPSA) is 47.3 Å². The molecule has 1 atom stereocenters. The van der Waals surface area contributed by atoms with E-state index in [1.807, 2.05) is 17.9 Å². The number of hydrogen-bond donors (Lipinski definition) is 1. The van der Waals surface area contributed by atoms with E-state index >= 15 is 0 Å². The van der Waals surface area contributed by atoms with E-state index in [0.29, 0.717) is 13.1 Å². The molecule has 0 heterocycles. The van der Waals surface area contributed by atoms with Gasteiger partial charge in [-0.2, -0.15) is 5.26 Å². The van der Waals surface area contributed by atoms with Gasteiger partial charge in [0.25, 0.3) is 0 Å². The van der Waals surface area contributed by atoms with Gasteiger partial charge in [0.1, 0.15) is 5.38 Å². The molecular formula is C7H13ClN2O. The van der Waals surface area contributed by atoms with Crippen LogP contribution in [0.25, 0.3) is 0 Å². The number of halogens is 1. The Kier molecular flexibility index (Phi) is 6.24. The fraction of sp³-hybridized carbons (Fsp3) is 0.857. The predicted molar refractivity (Wildman–Crippen MR) is 44.5 cm³/mol.